The Bertz CT molecular complexity index is 1580. The van der Waals surface area contributed by atoms with Crippen LogP contribution in [0.1, 0.15) is 37.4 Å². The maximum absolute atomic E-state index is 13.9. The van der Waals surface area contributed by atoms with Crippen LogP contribution in [0.5, 0.6) is 0 Å². The molecule has 0 atom stereocenters. The average molecular weight is 451 g/mol. The van der Waals surface area contributed by atoms with Crippen LogP contribution < -0.4 is 5.32 Å². The molecule has 0 saturated carbocycles. The molecular formula is C26H17N3O5. The molecule has 3 aromatic carbocycles. The van der Waals surface area contributed by atoms with Gasteiger partial charge in [-0.1, -0.05) is 18.2 Å². The number of hydrogen-bond acceptors (Lipinski definition) is 3. The monoisotopic (exact) mass is 451 g/mol. The number of hydrogen-bond donors (Lipinski definition) is 5. The Morgan fingerprint density at radius 1 is 0.706 bits per heavy atom. The normalized spacial score (nSPS) is 14.3. The molecule has 2 aromatic heterocycles. The van der Waals surface area contributed by atoms with E-state index in [9.17, 15) is 24.6 Å². The van der Waals surface area contributed by atoms with Gasteiger partial charge in [0.15, 0.2) is 0 Å². The van der Waals surface area contributed by atoms with E-state index in [-0.39, 0.29) is 17.0 Å². The number of carbonyl (C=O) groups excluding carboxylic acids is 1. The number of rotatable bonds is 4. The third-order valence-corrected chi connectivity index (χ3v) is 6.59. The number of fused-ring (bicyclic) bond motifs is 3. The summed E-state index contributed by atoms with van der Waals surface area (Å²) in [5.41, 5.74) is 2.71. The molecule has 6 rings (SSSR count). The first-order valence-corrected chi connectivity index (χ1v) is 10.5. The van der Waals surface area contributed by atoms with Crippen LogP contribution in [0.15, 0.2) is 73.1 Å². The van der Waals surface area contributed by atoms with Gasteiger partial charge >= 0.3 is 11.9 Å². The molecule has 0 radical (unpaired) electrons. The second-order valence-corrected chi connectivity index (χ2v) is 8.29. The fourth-order valence-electron chi connectivity index (χ4n) is 5.07. The zero-order chi connectivity index (χ0) is 23.6. The van der Waals surface area contributed by atoms with Gasteiger partial charge in [0.1, 0.15) is 5.41 Å². The number of aromatic carboxylic acids is 2. The molecule has 34 heavy (non-hydrogen) atoms. The van der Waals surface area contributed by atoms with Crippen LogP contribution in [0.25, 0.3) is 21.8 Å². The van der Waals surface area contributed by atoms with Crippen LogP contribution in [-0.4, -0.2) is 38.0 Å². The Morgan fingerprint density at radius 3 is 1.76 bits per heavy atom. The number of carbonyl (C=O) groups is 3. The largest absolute Gasteiger partial charge is 0.478 e. The van der Waals surface area contributed by atoms with Gasteiger partial charge in [-0.2, -0.15) is 0 Å². The van der Waals surface area contributed by atoms with Crippen LogP contribution in [0.2, 0.25) is 0 Å². The predicted molar refractivity (Wildman–Crippen MR) is 125 cm³/mol. The van der Waals surface area contributed by atoms with Gasteiger partial charge in [-0.15, -0.1) is 0 Å². The Balaban J connectivity index is 1.76. The molecule has 8 nitrogen and oxygen atoms in total. The van der Waals surface area contributed by atoms with Gasteiger partial charge < -0.3 is 25.5 Å². The van der Waals surface area contributed by atoms with Crippen molar-refractivity contribution < 1.29 is 24.6 Å². The average Bonchev–Trinajstić information content (AvgIpc) is 3.51. The molecule has 5 aromatic rings. The molecular weight excluding hydrogens is 434 g/mol. The van der Waals surface area contributed by atoms with E-state index in [0.29, 0.717) is 44.2 Å². The smallest absolute Gasteiger partial charge is 0.335 e. The summed E-state index contributed by atoms with van der Waals surface area (Å²) in [6.07, 6.45) is 3.44. The molecule has 8 heteroatoms. The Hall–Kier alpha value is -4.85. The van der Waals surface area contributed by atoms with E-state index in [1.54, 1.807) is 36.7 Å². The van der Waals surface area contributed by atoms with E-state index >= 15 is 0 Å². The van der Waals surface area contributed by atoms with Gasteiger partial charge in [-0.3, -0.25) is 4.79 Å². The van der Waals surface area contributed by atoms with E-state index in [1.807, 2.05) is 24.3 Å². The van der Waals surface area contributed by atoms with Gasteiger partial charge in [-0.05, 0) is 42.5 Å². The first-order chi connectivity index (χ1) is 16.4. The molecule has 166 valence electrons. The maximum Gasteiger partial charge on any atom is 0.335 e. The zero-order valence-electron chi connectivity index (χ0n) is 17.5. The van der Waals surface area contributed by atoms with E-state index in [0.717, 1.165) is 0 Å². The van der Waals surface area contributed by atoms with Crippen LogP contribution in [0.3, 0.4) is 0 Å². The van der Waals surface area contributed by atoms with Crippen molar-refractivity contribution in [3.05, 3.63) is 101 Å². The van der Waals surface area contributed by atoms with E-state index in [1.165, 1.54) is 12.1 Å². The zero-order valence-corrected chi connectivity index (χ0v) is 17.5. The molecule has 0 bridgehead atoms. The van der Waals surface area contributed by atoms with Crippen LogP contribution in [-0.2, 0) is 10.2 Å². The second kappa shape index (κ2) is 6.82. The van der Waals surface area contributed by atoms with E-state index in [4.69, 9.17) is 0 Å². The Morgan fingerprint density at radius 2 is 1.24 bits per heavy atom. The van der Waals surface area contributed by atoms with Crippen molar-refractivity contribution in [3.63, 3.8) is 0 Å². The topological polar surface area (TPSA) is 135 Å². The quantitative estimate of drug-likeness (QED) is 0.277. The molecule has 0 unspecified atom stereocenters. The lowest BCUT2D eigenvalue weighted by Crippen LogP contribution is -2.36. The standard InChI is InChI=1S/C26H17N3O5/c30-23(31)13-5-7-20-15(9-13)18(11-27-20)26(17-3-1-2-4-22(17)29-25(26)34)19-12-28-21-8-6-14(24(32)33)10-16(19)21/h1-12,27-28H,(H,29,34)(H,30,31)(H,32,33). The molecule has 0 aliphatic carbocycles. The lowest BCUT2D eigenvalue weighted by Gasteiger charge is -2.28. The molecule has 0 saturated heterocycles. The fraction of sp³-hybridized carbons (Fsp3) is 0.0385. The number of amides is 1. The summed E-state index contributed by atoms with van der Waals surface area (Å²) in [6.45, 7) is 0. The van der Waals surface area contributed by atoms with E-state index < -0.39 is 17.4 Å². The third kappa shape index (κ3) is 2.50. The number of carboxylic acid groups (broad SMARTS) is 2. The van der Waals surface area contributed by atoms with Crippen molar-refractivity contribution in [1.29, 1.82) is 0 Å². The molecule has 0 fully saturated rings. The Labute approximate surface area is 191 Å². The summed E-state index contributed by atoms with van der Waals surface area (Å²) in [5, 5.41) is 23.3. The minimum absolute atomic E-state index is 0.0993. The number of H-pyrrole nitrogens is 2. The second-order valence-electron chi connectivity index (χ2n) is 8.29. The number of carboxylic acids is 2. The molecule has 3 heterocycles. The van der Waals surface area contributed by atoms with Crippen molar-refractivity contribution in [3.8, 4) is 0 Å². The molecule has 5 N–H and O–H groups in total. The predicted octanol–water partition coefficient (Wildman–Crippen LogP) is 4.33. The number of aromatic amines is 2. The SMILES string of the molecule is O=C(O)c1ccc2[nH]cc(C3(c4c[nH]c5ccc(C(=O)O)cc45)C(=O)Nc4ccccc43)c2c1. The molecule has 0 spiro atoms. The fourth-order valence-corrected chi connectivity index (χ4v) is 5.07. The van der Waals surface area contributed by atoms with Crippen molar-refractivity contribution in [2.24, 2.45) is 0 Å². The van der Waals surface area contributed by atoms with Crippen LogP contribution in [0, 0.1) is 0 Å². The lowest BCUT2D eigenvalue weighted by molar-refractivity contribution is -0.118. The van der Waals surface area contributed by atoms with Gasteiger partial charge in [0.2, 0.25) is 5.91 Å². The van der Waals surface area contributed by atoms with Crippen molar-refractivity contribution >= 4 is 45.3 Å². The maximum atomic E-state index is 13.9. The van der Waals surface area contributed by atoms with E-state index in [2.05, 4.69) is 15.3 Å². The number of nitrogens with one attached hydrogen (secondary N) is 3. The number of benzene rings is 3. The Kier molecular flexibility index (Phi) is 3.97. The highest BCUT2D eigenvalue weighted by Crippen LogP contribution is 2.51. The summed E-state index contributed by atoms with van der Waals surface area (Å²) >= 11 is 0. The minimum Gasteiger partial charge on any atom is -0.478 e. The highest BCUT2D eigenvalue weighted by atomic mass is 16.4. The first-order valence-electron chi connectivity index (χ1n) is 10.5. The van der Waals surface area contributed by atoms with Gasteiger partial charge in [-0.25, -0.2) is 9.59 Å². The van der Waals surface area contributed by atoms with Crippen molar-refractivity contribution in [2.45, 2.75) is 5.41 Å². The van der Waals surface area contributed by atoms with Gasteiger partial charge in [0.05, 0.1) is 11.1 Å². The summed E-state index contributed by atoms with van der Waals surface area (Å²) in [4.78, 5) is 43.6. The molecule has 1 amide bonds. The van der Waals surface area contributed by atoms with Crippen molar-refractivity contribution in [1.82, 2.24) is 9.97 Å². The summed E-state index contributed by atoms with van der Waals surface area (Å²) in [6, 6.07) is 16.8. The van der Waals surface area contributed by atoms with Crippen molar-refractivity contribution in [2.75, 3.05) is 5.32 Å². The minimum atomic E-state index is -1.35. The highest BCUT2D eigenvalue weighted by Gasteiger charge is 2.52. The van der Waals surface area contributed by atoms with Gasteiger partial charge in [0.25, 0.3) is 0 Å². The lowest BCUT2D eigenvalue weighted by atomic mass is 9.70. The number of anilines is 1. The highest BCUT2D eigenvalue weighted by molar-refractivity contribution is 6.16. The third-order valence-electron chi connectivity index (χ3n) is 6.59. The van der Waals surface area contributed by atoms with Crippen LogP contribution in [0.4, 0.5) is 5.69 Å². The number of aromatic nitrogens is 2. The summed E-state index contributed by atoms with van der Waals surface area (Å²) in [5.74, 6) is -2.45. The summed E-state index contributed by atoms with van der Waals surface area (Å²) in [7, 11) is 0. The van der Waals surface area contributed by atoms with Crippen LogP contribution >= 0.6 is 0 Å². The van der Waals surface area contributed by atoms with Gasteiger partial charge in [0, 0.05) is 56.6 Å². The number of para-hydroxylation sites is 1. The first kappa shape index (κ1) is 19.8. The summed E-state index contributed by atoms with van der Waals surface area (Å²) < 4.78 is 0. The molecule has 1 aliphatic heterocycles. The molecule has 1 aliphatic rings.